The lowest BCUT2D eigenvalue weighted by molar-refractivity contribution is -0.265. The van der Waals surface area contributed by atoms with Crippen molar-refractivity contribution < 1.29 is 41.8 Å². The van der Waals surface area contributed by atoms with Gasteiger partial charge < -0.3 is 15.1 Å². The van der Waals surface area contributed by atoms with Crippen LogP contribution in [-0.2, 0) is 16.7 Å². The van der Waals surface area contributed by atoms with Crippen LogP contribution in [0.1, 0.15) is 54.2 Å². The van der Waals surface area contributed by atoms with Gasteiger partial charge in [-0.25, -0.2) is 13.6 Å². The van der Waals surface area contributed by atoms with Gasteiger partial charge in [0.1, 0.15) is 0 Å². The lowest BCUT2D eigenvalue weighted by Gasteiger charge is -2.42. The Morgan fingerprint density at radius 3 is 2.06 bits per heavy atom. The average Bonchev–Trinajstić information content (AvgIpc) is 2.72. The smallest absolute Gasteiger partial charge is 0.421 e. The number of carbonyl (C=O) groups excluding carboxylic acids is 1. The van der Waals surface area contributed by atoms with Crippen molar-refractivity contribution >= 4 is 35.1 Å². The topological polar surface area (TPSA) is 77.8 Å². The van der Waals surface area contributed by atoms with Crippen molar-refractivity contribution in [1.29, 1.82) is 0 Å². The van der Waals surface area contributed by atoms with E-state index in [0.29, 0.717) is 6.07 Å². The van der Waals surface area contributed by atoms with Crippen molar-refractivity contribution in [3.05, 3.63) is 68.4 Å². The van der Waals surface area contributed by atoms with Crippen LogP contribution in [0.15, 0.2) is 30.3 Å². The molecule has 1 saturated heterocycles. The van der Waals surface area contributed by atoms with Crippen molar-refractivity contribution in [2.45, 2.75) is 50.1 Å². The van der Waals surface area contributed by atoms with Gasteiger partial charge in [-0.1, -0.05) is 68.2 Å². The van der Waals surface area contributed by atoms with Gasteiger partial charge in [-0.15, -0.1) is 0 Å². The van der Waals surface area contributed by atoms with Crippen molar-refractivity contribution in [2.24, 2.45) is 0 Å². The Bertz CT molecular complexity index is 1200. The number of aliphatic hydroxyl groups is 1. The van der Waals surface area contributed by atoms with Crippen LogP contribution in [0.4, 0.5) is 26.7 Å². The van der Waals surface area contributed by atoms with Crippen LogP contribution in [0.2, 0.25) is 10.0 Å². The minimum Gasteiger partial charge on any atom is -0.465 e. The first-order valence-corrected chi connectivity index (χ1v) is 11.4. The summed E-state index contributed by atoms with van der Waals surface area (Å²) >= 11 is 11.8. The van der Waals surface area contributed by atoms with Gasteiger partial charge in [0.05, 0.1) is 29.6 Å². The number of rotatable bonds is 5. The molecular formula is C24H22Cl2F5NO4. The third-order valence-electron chi connectivity index (χ3n) is 6.12. The van der Waals surface area contributed by atoms with Crippen LogP contribution in [0.3, 0.4) is 0 Å². The third-order valence-corrected chi connectivity index (χ3v) is 6.75. The molecule has 0 radical (unpaired) electrons. The number of ketones is 1. The number of carboxylic acid groups (broad SMARTS) is 1. The maximum atomic E-state index is 14.9. The standard InChI is InChI=1S/C24H22Cl2F5NO4/c1-21(2,3)17-14(8-15(25)19(27)18(17)26)23(36,24(29,30)31)9-16(33)12-4-6-13(7-5-12)22(28)10-32(11-22)20(34)35/h4-8,36H,9-11H2,1-3H3,(H,34,35). The Balaban J connectivity index is 2.00. The van der Waals surface area contributed by atoms with Crippen LogP contribution < -0.4 is 0 Å². The van der Waals surface area contributed by atoms with E-state index in [9.17, 15) is 36.6 Å². The van der Waals surface area contributed by atoms with Crippen molar-refractivity contribution in [3.63, 3.8) is 0 Å². The van der Waals surface area contributed by atoms with Gasteiger partial charge in [-0.3, -0.25) is 4.79 Å². The summed E-state index contributed by atoms with van der Waals surface area (Å²) in [5.74, 6) is -2.29. The lowest BCUT2D eigenvalue weighted by atomic mass is 9.75. The predicted molar refractivity (Wildman–Crippen MR) is 123 cm³/mol. The first-order valence-electron chi connectivity index (χ1n) is 10.6. The Labute approximate surface area is 213 Å². The largest absolute Gasteiger partial charge is 0.465 e. The number of hydrogen-bond acceptors (Lipinski definition) is 3. The van der Waals surface area contributed by atoms with Crippen LogP contribution in [0, 0.1) is 5.82 Å². The molecule has 3 rings (SSSR count). The van der Waals surface area contributed by atoms with Crippen LogP contribution in [0.25, 0.3) is 0 Å². The molecule has 0 saturated carbocycles. The number of benzene rings is 2. The molecule has 1 aliphatic rings. The molecule has 12 heteroatoms. The first-order chi connectivity index (χ1) is 16.3. The number of nitrogens with zero attached hydrogens (tertiary/aromatic N) is 1. The van der Waals surface area contributed by atoms with E-state index in [-0.39, 0.29) is 16.7 Å². The van der Waals surface area contributed by atoms with Crippen molar-refractivity contribution in [2.75, 3.05) is 13.1 Å². The maximum absolute atomic E-state index is 14.9. The highest BCUT2D eigenvalue weighted by Crippen LogP contribution is 2.49. The summed E-state index contributed by atoms with van der Waals surface area (Å²) in [5, 5.41) is 18.4. The fourth-order valence-corrected chi connectivity index (χ4v) is 4.91. The maximum Gasteiger partial charge on any atom is 0.421 e. The molecular weight excluding hydrogens is 532 g/mol. The molecule has 0 aromatic heterocycles. The highest BCUT2D eigenvalue weighted by Gasteiger charge is 2.58. The lowest BCUT2D eigenvalue weighted by Crippen LogP contribution is -2.58. The molecule has 2 aromatic rings. The molecule has 1 atom stereocenters. The summed E-state index contributed by atoms with van der Waals surface area (Å²) < 4.78 is 72.1. The van der Waals surface area contributed by atoms with Gasteiger partial charge in [0, 0.05) is 11.1 Å². The zero-order valence-electron chi connectivity index (χ0n) is 19.3. The second kappa shape index (κ2) is 9.15. The number of hydrogen-bond donors (Lipinski definition) is 2. The SMILES string of the molecule is CC(C)(C)c1c(C(O)(CC(=O)c2ccc(C3(F)CN(C(=O)O)C3)cc2)C(F)(F)F)cc(Cl)c(F)c1Cl. The van der Waals surface area contributed by atoms with Gasteiger partial charge in [0.2, 0.25) is 0 Å². The molecule has 1 aliphatic heterocycles. The van der Waals surface area contributed by atoms with Gasteiger partial charge >= 0.3 is 12.3 Å². The van der Waals surface area contributed by atoms with Crippen molar-refractivity contribution in [3.8, 4) is 0 Å². The summed E-state index contributed by atoms with van der Waals surface area (Å²) in [4.78, 5) is 24.6. The number of Topliss-reactive ketones (excluding diaryl/α,β-unsaturated/α-hetero) is 1. The molecule has 0 bridgehead atoms. The number of amides is 1. The number of halogens is 7. The first kappa shape index (κ1) is 28.1. The Kier molecular flexibility index (Phi) is 7.15. The fraction of sp³-hybridized carbons (Fsp3) is 0.417. The van der Waals surface area contributed by atoms with Gasteiger partial charge in [0.15, 0.2) is 22.9 Å². The van der Waals surface area contributed by atoms with Crippen LogP contribution in [0.5, 0.6) is 0 Å². The molecule has 0 aliphatic carbocycles. The zero-order chi connectivity index (χ0) is 27.4. The number of likely N-dealkylation sites (tertiary alicyclic amines) is 1. The molecule has 1 fully saturated rings. The molecule has 2 N–H and O–H groups in total. The van der Waals surface area contributed by atoms with E-state index in [1.54, 1.807) is 0 Å². The van der Waals surface area contributed by atoms with Gasteiger partial charge in [0.25, 0.3) is 0 Å². The predicted octanol–water partition coefficient (Wildman–Crippen LogP) is 6.61. The minimum absolute atomic E-state index is 0.0507. The van der Waals surface area contributed by atoms with E-state index in [1.165, 1.54) is 32.9 Å². The second-order valence-electron chi connectivity index (χ2n) is 9.80. The summed E-state index contributed by atoms with van der Waals surface area (Å²) in [5.41, 5.74) is -8.36. The van der Waals surface area contributed by atoms with E-state index in [1.807, 2.05) is 0 Å². The van der Waals surface area contributed by atoms with Crippen molar-refractivity contribution in [1.82, 2.24) is 4.90 Å². The van der Waals surface area contributed by atoms with E-state index < -0.39 is 75.7 Å². The Morgan fingerprint density at radius 2 is 1.61 bits per heavy atom. The molecule has 0 spiro atoms. The summed E-state index contributed by atoms with van der Waals surface area (Å²) in [6.45, 7) is 3.53. The van der Waals surface area contributed by atoms with E-state index >= 15 is 0 Å². The molecule has 2 aromatic carbocycles. The molecule has 36 heavy (non-hydrogen) atoms. The molecule has 1 amide bonds. The highest BCUT2D eigenvalue weighted by molar-refractivity contribution is 6.35. The van der Waals surface area contributed by atoms with Crippen LogP contribution >= 0.6 is 23.2 Å². The second-order valence-corrected chi connectivity index (χ2v) is 10.6. The zero-order valence-corrected chi connectivity index (χ0v) is 20.8. The minimum atomic E-state index is -5.39. The summed E-state index contributed by atoms with van der Waals surface area (Å²) in [7, 11) is 0. The fourth-order valence-electron chi connectivity index (χ4n) is 4.17. The highest BCUT2D eigenvalue weighted by atomic mass is 35.5. The quantitative estimate of drug-likeness (QED) is 0.248. The summed E-state index contributed by atoms with van der Waals surface area (Å²) in [6, 6.07) is 5.14. The third kappa shape index (κ3) is 4.90. The number of carbonyl (C=O) groups is 2. The molecule has 1 unspecified atom stereocenters. The average molecular weight is 554 g/mol. The van der Waals surface area contributed by atoms with E-state index in [2.05, 4.69) is 0 Å². The van der Waals surface area contributed by atoms with E-state index in [4.69, 9.17) is 28.3 Å². The Hall–Kier alpha value is -2.43. The van der Waals surface area contributed by atoms with Gasteiger partial charge in [-0.05, 0) is 22.6 Å². The molecule has 5 nitrogen and oxygen atoms in total. The van der Waals surface area contributed by atoms with Crippen LogP contribution in [-0.4, -0.2) is 46.3 Å². The Morgan fingerprint density at radius 1 is 1.08 bits per heavy atom. The number of alkyl halides is 4. The van der Waals surface area contributed by atoms with E-state index in [0.717, 1.165) is 17.0 Å². The summed E-state index contributed by atoms with van der Waals surface area (Å²) in [6.07, 6.45) is -8.16. The molecule has 196 valence electrons. The van der Waals surface area contributed by atoms with Gasteiger partial charge in [-0.2, -0.15) is 13.2 Å². The normalized spacial score (nSPS) is 17.4. The monoisotopic (exact) mass is 553 g/mol. The molecule has 1 heterocycles.